The maximum Gasteiger partial charge on any atom is 0.322 e. The zero-order chi connectivity index (χ0) is 11.2. The Morgan fingerprint density at radius 2 is 2.07 bits per heavy atom. The van der Waals surface area contributed by atoms with E-state index in [0.29, 0.717) is 12.5 Å². The number of hydrogen-bond donors (Lipinski definition) is 2. The van der Waals surface area contributed by atoms with Gasteiger partial charge in [0.2, 0.25) is 0 Å². The molecule has 0 aliphatic carbocycles. The molecule has 3 atom stereocenters. The predicted molar refractivity (Wildman–Crippen MR) is 55.3 cm³/mol. The van der Waals surface area contributed by atoms with Crippen LogP contribution in [0.5, 0.6) is 0 Å². The van der Waals surface area contributed by atoms with Crippen LogP contribution in [-0.2, 0) is 4.79 Å². The normalized spacial score (nSPS) is 41.8. The summed E-state index contributed by atoms with van der Waals surface area (Å²) in [6.45, 7) is 4.91. The number of nitrogens with zero attached hydrogens (tertiary/aromatic N) is 1. The summed E-state index contributed by atoms with van der Waals surface area (Å²) in [7, 11) is 2.04. The molecule has 5 heteroatoms. The van der Waals surface area contributed by atoms with E-state index in [-0.39, 0.29) is 17.9 Å². The maximum atomic E-state index is 11.8. The molecular weight excluding hydrogens is 194 g/mol. The maximum absolute atomic E-state index is 11.8. The van der Waals surface area contributed by atoms with Crippen molar-refractivity contribution in [1.82, 2.24) is 15.5 Å². The summed E-state index contributed by atoms with van der Waals surface area (Å²) < 4.78 is 0. The van der Waals surface area contributed by atoms with Gasteiger partial charge >= 0.3 is 6.03 Å². The minimum absolute atomic E-state index is 0.144. The van der Waals surface area contributed by atoms with Crippen LogP contribution >= 0.6 is 0 Å². The fourth-order valence-corrected chi connectivity index (χ4v) is 2.59. The molecule has 1 spiro atoms. The van der Waals surface area contributed by atoms with Gasteiger partial charge in [0.05, 0.1) is 0 Å². The second kappa shape index (κ2) is 3.20. The van der Waals surface area contributed by atoms with Crippen LogP contribution in [0.1, 0.15) is 20.3 Å². The van der Waals surface area contributed by atoms with Crippen LogP contribution in [0.15, 0.2) is 0 Å². The fourth-order valence-electron chi connectivity index (χ4n) is 2.59. The third-order valence-corrected chi connectivity index (χ3v) is 3.74. The number of rotatable bonds is 0. The molecule has 2 saturated heterocycles. The minimum atomic E-state index is -0.678. The molecule has 5 nitrogen and oxygen atoms in total. The molecule has 2 aliphatic rings. The van der Waals surface area contributed by atoms with Crippen LogP contribution in [0.4, 0.5) is 4.79 Å². The molecule has 3 amide bonds. The van der Waals surface area contributed by atoms with Crippen molar-refractivity contribution in [2.24, 2.45) is 5.92 Å². The highest BCUT2D eigenvalue weighted by Gasteiger charge is 2.53. The third-order valence-electron chi connectivity index (χ3n) is 3.74. The topological polar surface area (TPSA) is 61.4 Å². The molecule has 84 valence electrons. The Bertz CT molecular complexity index is 318. The summed E-state index contributed by atoms with van der Waals surface area (Å²) in [5.74, 6) is -0.0231. The highest BCUT2D eigenvalue weighted by molar-refractivity contribution is 6.07. The van der Waals surface area contributed by atoms with Gasteiger partial charge in [0, 0.05) is 18.5 Å². The Morgan fingerprint density at radius 3 is 2.60 bits per heavy atom. The Hall–Kier alpha value is -1.10. The van der Waals surface area contributed by atoms with Crippen molar-refractivity contribution in [3.05, 3.63) is 0 Å². The zero-order valence-electron chi connectivity index (χ0n) is 9.33. The van der Waals surface area contributed by atoms with E-state index < -0.39 is 5.54 Å². The van der Waals surface area contributed by atoms with Gasteiger partial charge in [0.25, 0.3) is 5.91 Å². The van der Waals surface area contributed by atoms with E-state index >= 15 is 0 Å². The first-order valence-electron chi connectivity index (χ1n) is 5.29. The Kier molecular flexibility index (Phi) is 2.22. The molecule has 2 fully saturated rings. The Labute approximate surface area is 89.2 Å². The van der Waals surface area contributed by atoms with E-state index in [9.17, 15) is 9.59 Å². The van der Waals surface area contributed by atoms with E-state index in [2.05, 4.69) is 22.5 Å². The molecule has 0 saturated carbocycles. The highest BCUT2D eigenvalue weighted by Crippen LogP contribution is 2.33. The quantitative estimate of drug-likeness (QED) is 0.551. The van der Waals surface area contributed by atoms with Gasteiger partial charge in [0.1, 0.15) is 5.54 Å². The molecule has 0 radical (unpaired) electrons. The lowest BCUT2D eigenvalue weighted by Gasteiger charge is -2.44. The summed E-state index contributed by atoms with van der Waals surface area (Å²) in [6, 6.07) is -0.0473. The molecular formula is C10H17N3O2. The van der Waals surface area contributed by atoms with E-state index in [0.717, 1.165) is 6.54 Å². The Balaban J connectivity index is 2.27. The van der Waals surface area contributed by atoms with Crippen LogP contribution in [-0.4, -0.2) is 42.0 Å². The largest absolute Gasteiger partial charge is 0.323 e. The molecule has 0 aromatic rings. The second-order valence-electron chi connectivity index (χ2n) is 4.77. The number of hydrogen-bond acceptors (Lipinski definition) is 3. The Morgan fingerprint density at radius 1 is 1.40 bits per heavy atom. The first-order valence-corrected chi connectivity index (χ1v) is 5.29. The monoisotopic (exact) mass is 211 g/mol. The molecule has 2 N–H and O–H groups in total. The van der Waals surface area contributed by atoms with Crippen molar-refractivity contribution >= 4 is 11.9 Å². The van der Waals surface area contributed by atoms with Gasteiger partial charge in [-0.1, -0.05) is 6.92 Å². The van der Waals surface area contributed by atoms with Crippen LogP contribution in [0.2, 0.25) is 0 Å². The predicted octanol–water partition coefficient (Wildman–Crippen LogP) is -0.0753. The van der Waals surface area contributed by atoms with Gasteiger partial charge in [0.15, 0.2) is 0 Å². The third kappa shape index (κ3) is 1.42. The number of likely N-dealkylation sites (tertiary alicyclic amines) is 1. The molecule has 0 unspecified atom stereocenters. The van der Waals surface area contributed by atoms with E-state index in [1.165, 1.54) is 0 Å². The van der Waals surface area contributed by atoms with Crippen molar-refractivity contribution < 1.29 is 9.59 Å². The van der Waals surface area contributed by atoms with Crippen LogP contribution in [0, 0.1) is 5.92 Å². The minimum Gasteiger partial charge on any atom is -0.323 e. The average Bonchev–Trinajstić information content (AvgIpc) is 2.40. The first-order chi connectivity index (χ1) is 6.95. The molecule has 0 aromatic heterocycles. The smallest absolute Gasteiger partial charge is 0.322 e. The van der Waals surface area contributed by atoms with Crippen LogP contribution < -0.4 is 10.6 Å². The molecule has 0 aromatic carbocycles. The van der Waals surface area contributed by atoms with Gasteiger partial charge in [-0.25, -0.2) is 4.79 Å². The van der Waals surface area contributed by atoms with Gasteiger partial charge < -0.3 is 10.2 Å². The second-order valence-corrected chi connectivity index (χ2v) is 4.77. The number of amides is 3. The molecule has 2 heterocycles. The summed E-state index contributed by atoms with van der Waals surface area (Å²) in [5, 5.41) is 5.13. The fraction of sp³-hybridized carbons (Fsp3) is 0.800. The zero-order valence-corrected chi connectivity index (χ0v) is 9.33. The number of urea groups is 1. The summed E-state index contributed by atoms with van der Waals surface area (Å²) in [5.41, 5.74) is -0.678. The summed E-state index contributed by atoms with van der Waals surface area (Å²) in [6.07, 6.45) is 0.683. The van der Waals surface area contributed by atoms with E-state index in [4.69, 9.17) is 0 Å². The van der Waals surface area contributed by atoms with Crippen molar-refractivity contribution in [3.63, 3.8) is 0 Å². The average molecular weight is 211 g/mol. The number of imide groups is 1. The molecule has 2 rings (SSSR count). The standard InChI is InChI=1S/C10H17N3O2/c1-6-5-13(3)7(2)4-10(6)8(14)11-9(15)12-10/h6-7H,4-5H2,1-3H3,(H2,11,12,14,15)/t6-,7+,10-/m0/s1. The highest BCUT2D eigenvalue weighted by atomic mass is 16.2. The van der Waals surface area contributed by atoms with Gasteiger partial charge in [-0.3, -0.25) is 10.1 Å². The lowest BCUT2D eigenvalue weighted by molar-refractivity contribution is -0.128. The van der Waals surface area contributed by atoms with Crippen molar-refractivity contribution in [1.29, 1.82) is 0 Å². The molecule has 15 heavy (non-hydrogen) atoms. The van der Waals surface area contributed by atoms with Gasteiger partial charge in [-0.15, -0.1) is 0 Å². The number of piperidine rings is 1. The molecule has 0 bridgehead atoms. The number of nitrogens with one attached hydrogen (secondary N) is 2. The van der Waals surface area contributed by atoms with Crippen molar-refractivity contribution in [3.8, 4) is 0 Å². The first kappa shape index (κ1) is 10.4. The number of carbonyl (C=O) groups excluding carboxylic acids is 2. The van der Waals surface area contributed by atoms with Crippen molar-refractivity contribution in [2.75, 3.05) is 13.6 Å². The van der Waals surface area contributed by atoms with Crippen LogP contribution in [0.25, 0.3) is 0 Å². The summed E-state index contributed by atoms with van der Waals surface area (Å²) in [4.78, 5) is 25.2. The summed E-state index contributed by atoms with van der Waals surface area (Å²) >= 11 is 0. The van der Waals surface area contributed by atoms with E-state index in [1.807, 2.05) is 14.0 Å². The SMILES string of the molecule is C[C@@H]1C[C@]2(NC(=O)NC2=O)[C@@H](C)CN1C. The van der Waals surface area contributed by atoms with Gasteiger partial charge in [-0.05, 0) is 20.4 Å². The van der Waals surface area contributed by atoms with Crippen LogP contribution in [0.3, 0.4) is 0 Å². The lowest BCUT2D eigenvalue weighted by Crippen LogP contribution is -2.62. The number of carbonyl (C=O) groups is 2. The van der Waals surface area contributed by atoms with E-state index in [1.54, 1.807) is 0 Å². The van der Waals surface area contributed by atoms with Gasteiger partial charge in [-0.2, -0.15) is 0 Å². The van der Waals surface area contributed by atoms with Crippen molar-refractivity contribution in [2.45, 2.75) is 31.8 Å². The molecule has 2 aliphatic heterocycles. The lowest BCUT2D eigenvalue weighted by atomic mass is 9.76.